The van der Waals surface area contributed by atoms with Gasteiger partial charge in [0.05, 0.1) is 18.1 Å². The maximum absolute atomic E-state index is 11.6. The third-order valence-corrected chi connectivity index (χ3v) is 2.72. The third-order valence-electron chi connectivity index (χ3n) is 2.72. The first-order valence-corrected chi connectivity index (χ1v) is 6.12. The molecule has 9 heteroatoms. The van der Waals surface area contributed by atoms with Gasteiger partial charge in [0.2, 0.25) is 5.69 Å². The molecule has 0 aliphatic rings. The van der Waals surface area contributed by atoms with Crippen LogP contribution in [0.2, 0.25) is 0 Å². The molecular weight excluding hydrogens is 278 g/mol. The molecule has 0 spiro atoms. The van der Waals surface area contributed by atoms with E-state index in [2.05, 4.69) is 10.3 Å². The molecule has 0 bridgehead atoms. The average molecular weight is 291 g/mol. The van der Waals surface area contributed by atoms with Crippen molar-refractivity contribution in [2.45, 2.75) is 13.5 Å². The van der Waals surface area contributed by atoms with Crippen LogP contribution in [0.25, 0.3) is 0 Å². The Morgan fingerprint density at radius 3 is 2.67 bits per heavy atom. The van der Waals surface area contributed by atoms with E-state index in [4.69, 9.17) is 10.5 Å². The monoisotopic (exact) mass is 291 g/mol. The molecule has 2 N–H and O–H groups in total. The van der Waals surface area contributed by atoms with Gasteiger partial charge in [-0.15, -0.1) is 5.10 Å². The fourth-order valence-electron chi connectivity index (χ4n) is 1.68. The molecule has 0 aliphatic carbocycles. The number of nitro groups is 1. The first kappa shape index (κ1) is 14.4. The van der Waals surface area contributed by atoms with E-state index < -0.39 is 10.9 Å². The molecule has 0 amide bonds. The Kier molecular flexibility index (Phi) is 4.12. The molecule has 2 aromatic rings. The fourth-order valence-corrected chi connectivity index (χ4v) is 1.68. The van der Waals surface area contributed by atoms with Crippen LogP contribution < -0.4 is 5.73 Å². The second-order valence-electron chi connectivity index (χ2n) is 4.12. The summed E-state index contributed by atoms with van der Waals surface area (Å²) in [5, 5.41) is 18.0. The first-order chi connectivity index (χ1) is 10.0. The number of anilines is 1. The highest BCUT2D eigenvalue weighted by Gasteiger charge is 2.18. The van der Waals surface area contributed by atoms with E-state index in [1.54, 1.807) is 19.1 Å². The fraction of sp³-hybridized carbons (Fsp3) is 0.250. The highest BCUT2D eigenvalue weighted by Crippen LogP contribution is 2.15. The molecule has 0 radical (unpaired) electrons. The topological polar surface area (TPSA) is 126 Å². The van der Waals surface area contributed by atoms with E-state index in [-0.39, 0.29) is 30.4 Å². The smallest absolute Gasteiger partial charge is 0.362 e. The number of carbonyl (C=O) groups excluding carboxylic acids is 1. The molecule has 1 aromatic carbocycles. The Balaban J connectivity index is 2.16. The number of rotatable bonds is 5. The highest BCUT2D eigenvalue weighted by atomic mass is 16.6. The zero-order valence-electron chi connectivity index (χ0n) is 11.2. The molecule has 110 valence electrons. The van der Waals surface area contributed by atoms with Gasteiger partial charge in [0.1, 0.15) is 0 Å². The van der Waals surface area contributed by atoms with Gasteiger partial charge in [0.15, 0.2) is 5.82 Å². The van der Waals surface area contributed by atoms with Crippen molar-refractivity contribution in [3.05, 3.63) is 45.6 Å². The number of ether oxygens (including phenoxy) is 1. The molecule has 1 heterocycles. The van der Waals surface area contributed by atoms with E-state index in [0.717, 1.165) is 5.56 Å². The van der Waals surface area contributed by atoms with Gasteiger partial charge >= 0.3 is 5.97 Å². The average Bonchev–Trinajstić information content (AvgIpc) is 2.81. The minimum atomic E-state index is -0.634. The van der Waals surface area contributed by atoms with Crippen LogP contribution in [-0.2, 0) is 11.3 Å². The van der Waals surface area contributed by atoms with Gasteiger partial charge in [0, 0.05) is 12.1 Å². The molecule has 0 saturated heterocycles. The second kappa shape index (κ2) is 5.99. The van der Waals surface area contributed by atoms with Gasteiger partial charge in [0.25, 0.3) is 5.69 Å². The zero-order chi connectivity index (χ0) is 15.4. The number of hydrogen-bond donors (Lipinski definition) is 1. The molecule has 2 rings (SSSR count). The summed E-state index contributed by atoms with van der Waals surface area (Å²) in [6, 6.07) is 5.94. The minimum absolute atomic E-state index is 0.00229. The predicted molar refractivity (Wildman–Crippen MR) is 72.6 cm³/mol. The van der Waals surface area contributed by atoms with Crippen molar-refractivity contribution < 1.29 is 14.5 Å². The van der Waals surface area contributed by atoms with Crippen LogP contribution in [0, 0.1) is 10.1 Å². The Hall–Kier alpha value is -2.97. The third kappa shape index (κ3) is 3.14. The van der Waals surface area contributed by atoms with E-state index in [0.29, 0.717) is 0 Å². The van der Waals surface area contributed by atoms with Crippen molar-refractivity contribution in [2.24, 2.45) is 0 Å². The molecule has 0 unspecified atom stereocenters. The number of non-ortho nitro benzene ring substituents is 1. The number of carbonyl (C=O) groups is 1. The van der Waals surface area contributed by atoms with E-state index in [1.165, 1.54) is 16.8 Å². The Morgan fingerprint density at radius 1 is 1.43 bits per heavy atom. The van der Waals surface area contributed by atoms with Gasteiger partial charge < -0.3 is 10.5 Å². The number of esters is 1. The lowest BCUT2D eigenvalue weighted by Crippen LogP contribution is -2.10. The van der Waals surface area contributed by atoms with Crippen LogP contribution in [0.4, 0.5) is 11.5 Å². The van der Waals surface area contributed by atoms with Crippen LogP contribution in [0.15, 0.2) is 24.3 Å². The number of hydrogen-bond acceptors (Lipinski definition) is 7. The summed E-state index contributed by atoms with van der Waals surface area (Å²) < 4.78 is 6.13. The Morgan fingerprint density at radius 2 is 2.10 bits per heavy atom. The van der Waals surface area contributed by atoms with Crippen LogP contribution in [-0.4, -0.2) is 32.5 Å². The number of benzene rings is 1. The van der Waals surface area contributed by atoms with Crippen molar-refractivity contribution in [3.8, 4) is 0 Å². The van der Waals surface area contributed by atoms with Gasteiger partial charge in [-0.1, -0.05) is 17.3 Å². The molecule has 0 atom stereocenters. The van der Waals surface area contributed by atoms with Gasteiger partial charge in [-0.25, -0.2) is 9.48 Å². The number of nitrogen functional groups attached to an aromatic ring is 1. The number of nitro benzene ring substituents is 1. The second-order valence-corrected chi connectivity index (χ2v) is 4.12. The lowest BCUT2D eigenvalue weighted by Gasteiger charge is -2.03. The largest absolute Gasteiger partial charge is 0.461 e. The normalized spacial score (nSPS) is 10.3. The maximum atomic E-state index is 11.6. The highest BCUT2D eigenvalue weighted by molar-refractivity contribution is 5.91. The van der Waals surface area contributed by atoms with Crippen LogP contribution in [0.3, 0.4) is 0 Å². The standard InChI is InChI=1S/C12H13N5O4/c1-2-21-12(18)10-11(13)16(15-14-10)7-8-3-5-9(6-4-8)17(19)20/h3-6H,2,7,13H2,1H3. The van der Waals surface area contributed by atoms with Crippen LogP contribution in [0.1, 0.15) is 23.0 Å². The minimum Gasteiger partial charge on any atom is -0.461 e. The molecule has 0 saturated carbocycles. The quantitative estimate of drug-likeness (QED) is 0.494. The van der Waals surface area contributed by atoms with Gasteiger partial charge in [-0.3, -0.25) is 10.1 Å². The molecule has 21 heavy (non-hydrogen) atoms. The van der Waals surface area contributed by atoms with Crippen molar-refractivity contribution in [2.75, 3.05) is 12.3 Å². The van der Waals surface area contributed by atoms with Crippen molar-refractivity contribution in [3.63, 3.8) is 0 Å². The summed E-state index contributed by atoms with van der Waals surface area (Å²) in [4.78, 5) is 21.6. The maximum Gasteiger partial charge on any atom is 0.362 e. The Labute approximate surface area is 119 Å². The molecular formula is C12H13N5O4. The first-order valence-electron chi connectivity index (χ1n) is 6.12. The summed E-state index contributed by atoms with van der Waals surface area (Å²) in [5.74, 6) is -0.545. The van der Waals surface area contributed by atoms with Crippen molar-refractivity contribution in [1.29, 1.82) is 0 Å². The van der Waals surface area contributed by atoms with E-state index >= 15 is 0 Å². The summed E-state index contributed by atoms with van der Waals surface area (Å²) in [7, 11) is 0. The Bertz CT molecular complexity index is 665. The van der Waals surface area contributed by atoms with Crippen LogP contribution >= 0.6 is 0 Å². The van der Waals surface area contributed by atoms with E-state index in [1.807, 2.05) is 0 Å². The lowest BCUT2D eigenvalue weighted by atomic mass is 10.2. The summed E-state index contributed by atoms with van der Waals surface area (Å²) >= 11 is 0. The van der Waals surface area contributed by atoms with Crippen molar-refractivity contribution in [1.82, 2.24) is 15.0 Å². The number of nitrogens with two attached hydrogens (primary N) is 1. The zero-order valence-corrected chi connectivity index (χ0v) is 11.2. The summed E-state index contributed by atoms with van der Waals surface area (Å²) in [5.41, 5.74) is 6.49. The van der Waals surface area contributed by atoms with Crippen LogP contribution in [0.5, 0.6) is 0 Å². The number of nitrogens with zero attached hydrogens (tertiary/aromatic N) is 4. The van der Waals surface area contributed by atoms with Gasteiger partial charge in [-0.05, 0) is 12.5 Å². The van der Waals surface area contributed by atoms with Crippen molar-refractivity contribution >= 4 is 17.5 Å². The lowest BCUT2D eigenvalue weighted by molar-refractivity contribution is -0.384. The molecule has 9 nitrogen and oxygen atoms in total. The summed E-state index contributed by atoms with van der Waals surface area (Å²) in [6.45, 7) is 2.14. The van der Waals surface area contributed by atoms with E-state index in [9.17, 15) is 14.9 Å². The number of aromatic nitrogens is 3. The molecule has 1 aromatic heterocycles. The summed E-state index contributed by atoms with van der Waals surface area (Å²) in [6.07, 6.45) is 0. The molecule has 0 fully saturated rings. The van der Waals surface area contributed by atoms with Gasteiger partial charge in [-0.2, -0.15) is 0 Å². The SMILES string of the molecule is CCOC(=O)c1nnn(Cc2ccc([N+](=O)[O-])cc2)c1N. The molecule has 0 aliphatic heterocycles. The predicted octanol–water partition coefficient (Wildman–Crippen LogP) is 0.993.